The fourth-order valence-corrected chi connectivity index (χ4v) is 3.43. The van der Waals surface area contributed by atoms with Gasteiger partial charge in [0.25, 0.3) is 10.0 Å². The lowest BCUT2D eigenvalue weighted by molar-refractivity contribution is -0.119. The molecule has 0 saturated heterocycles. The molecule has 1 aromatic rings. The van der Waals surface area contributed by atoms with Gasteiger partial charge in [0.05, 0.1) is 10.6 Å². The highest BCUT2D eigenvalue weighted by Gasteiger charge is 2.33. The number of amides is 1. The van der Waals surface area contributed by atoms with Gasteiger partial charge in [-0.15, -0.1) is 5.11 Å². The van der Waals surface area contributed by atoms with Gasteiger partial charge in [-0.2, -0.15) is 5.11 Å². The van der Waals surface area contributed by atoms with E-state index in [1.807, 2.05) is 18.6 Å². The number of aliphatic hydroxyl groups excluding tert-OH is 1. The van der Waals surface area contributed by atoms with Crippen molar-refractivity contribution in [2.24, 2.45) is 15.6 Å². The van der Waals surface area contributed by atoms with Gasteiger partial charge in [0.15, 0.2) is 11.5 Å². The van der Waals surface area contributed by atoms with Crippen LogP contribution in [-0.2, 0) is 19.6 Å². The number of benzene rings is 1. The molecular weight excluding hydrogens is 346 g/mol. The maximum atomic E-state index is 12.0. The van der Waals surface area contributed by atoms with Gasteiger partial charge in [-0.05, 0) is 29.7 Å². The van der Waals surface area contributed by atoms with Crippen molar-refractivity contribution in [3.8, 4) is 0 Å². The molecule has 0 bridgehead atoms. The normalized spacial score (nSPS) is 17.8. The van der Waals surface area contributed by atoms with Crippen LogP contribution in [0.4, 0.5) is 5.69 Å². The smallest absolute Gasteiger partial charge is 0.264 e. The summed E-state index contributed by atoms with van der Waals surface area (Å²) in [6.07, 6.45) is 0.598. The number of nitrogens with zero attached hydrogens (tertiary/aromatic N) is 2. The zero-order valence-corrected chi connectivity index (χ0v) is 14.9. The molecule has 1 aliphatic carbocycles. The Labute approximate surface area is 145 Å². The van der Waals surface area contributed by atoms with Crippen LogP contribution in [0, 0.1) is 5.41 Å². The third-order valence-corrected chi connectivity index (χ3v) is 4.96. The third-order valence-electron chi connectivity index (χ3n) is 3.51. The second kappa shape index (κ2) is 6.75. The van der Waals surface area contributed by atoms with Gasteiger partial charge in [0.2, 0.25) is 5.91 Å². The van der Waals surface area contributed by atoms with Gasteiger partial charge in [-0.3, -0.25) is 9.59 Å². The molecule has 0 aromatic heterocycles. The summed E-state index contributed by atoms with van der Waals surface area (Å²) in [4.78, 5) is 22.8. The van der Waals surface area contributed by atoms with Crippen LogP contribution < -0.4 is 4.72 Å². The van der Waals surface area contributed by atoms with Gasteiger partial charge in [-0.1, -0.05) is 13.8 Å². The van der Waals surface area contributed by atoms with Crippen LogP contribution in [0.3, 0.4) is 0 Å². The molecule has 0 spiro atoms. The number of aliphatic hydroxyl groups is 1. The number of sulfonamides is 1. The molecule has 0 aliphatic heterocycles. The van der Waals surface area contributed by atoms with E-state index in [9.17, 15) is 23.1 Å². The summed E-state index contributed by atoms with van der Waals surface area (Å²) in [7, 11) is -3.92. The Bertz CT molecular complexity index is 868. The molecule has 1 aromatic carbocycles. The molecule has 2 rings (SSSR count). The van der Waals surface area contributed by atoms with Crippen molar-refractivity contribution >= 4 is 27.4 Å². The second-order valence-electron chi connectivity index (χ2n) is 6.59. The molecule has 0 unspecified atom stereocenters. The van der Waals surface area contributed by atoms with Crippen molar-refractivity contribution < 1.29 is 23.1 Å². The number of carbonyl (C=O) groups is 2. The Morgan fingerprint density at radius 1 is 1.16 bits per heavy atom. The van der Waals surface area contributed by atoms with Crippen molar-refractivity contribution in [2.45, 2.75) is 38.5 Å². The van der Waals surface area contributed by atoms with Crippen molar-refractivity contribution in [3.63, 3.8) is 0 Å². The molecule has 2 N–H and O–H groups in total. The molecule has 0 radical (unpaired) electrons. The first kappa shape index (κ1) is 18.8. The predicted octanol–water partition coefficient (Wildman–Crippen LogP) is 2.75. The molecule has 0 heterocycles. The average molecular weight is 365 g/mol. The number of ketones is 1. The van der Waals surface area contributed by atoms with Crippen LogP contribution in [0.15, 0.2) is 50.8 Å². The summed E-state index contributed by atoms with van der Waals surface area (Å²) in [6, 6.07) is 5.29. The van der Waals surface area contributed by atoms with Gasteiger partial charge >= 0.3 is 0 Å². The van der Waals surface area contributed by atoms with Gasteiger partial charge in [0.1, 0.15) is 5.76 Å². The maximum Gasteiger partial charge on any atom is 0.264 e. The van der Waals surface area contributed by atoms with E-state index in [1.54, 1.807) is 0 Å². The molecule has 9 heteroatoms. The number of allylic oxidation sites excluding steroid dienone is 2. The number of nitrogens with one attached hydrogen (secondary N) is 1. The molecular formula is C16H19N3O5S. The zero-order chi connectivity index (χ0) is 18.8. The zero-order valence-electron chi connectivity index (χ0n) is 14.1. The van der Waals surface area contributed by atoms with E-state index in [4.69, 9.17) is 0 Å². The Balaban J connectivity index is 2.21. The number of rotatable bonds is 4. The fourth-order valence-electron chi connectivity index (χ4n) is 2.44. The topological polar surface area (TPSA) is 125 Å². The highest BCUT2D eigenvalue weighted by atomic mass is 32.2. The lowest BCUT2D eigenvalue weighted by Gasteiger charge is -2.27. The van der Waals surface area contributed by atoms with Crippen molar-refractivity contribution in [3.05, 3.63) is 35.7 Å². The summed E-state index contributed by atoms with van der Waals surface area (Å²) in [6.45, 7) is 4.86. The van der Waals surface area contributed by atoms with Gasteiger partial charge < -0.3 is 5.11 Å². The van der Waals surface area contributed by atoms with E-state index in [-0.39, 0.29) is 34.0 Å². The van der Waals surface area contributed by atoms with E-state index in [2.05, 4.69) is 10.2 Å². The maximum absolute atomic E-state index is 12.0. The quantitative estimate of drug-likeness (QED) is 0.794. The van der Waals surface area contributed by atoms with Crippen LogP contribution in [0.5, 0.6) is 0 Å². The molecule has 0 fully saturated rings. The van der Waals surface area contributed by atoms with E-state index < -0.39 is 15.9 Å². The summed E-state index contributed by atoms with van der Waals surface area (Å²) in [5.41, 5.74) is -0.0890. The standard InChI is InChI=1S/C16H19N3O5S/c1-10(20)19-25(23,24)12-6-4-11(5-7-12)17-18-15-13(21)8-16(2,3)9-14(15)22/h4-7,21H,8-9H2,1-3H3,(H,19,20). The SMILES string of the molecule is CC(=O)NS(=O)(=O)c1ccc(N=NC2=C(O)CC(C)(C)CC2=O)cc1. The predicted molar refractivity (Wildman–Crippen MR) is 89.6 cm³/mol. The molecule has 1 amide bonds. The van der Waals surface area contributed by atoms with E-state index in [1.165, 1.54) is 24.3 Å². The number of carbonyl (C=O) groups excluding carboxylic acids is 2. The Kier molecular flexibility index (Phi) is 5.07. The average Bonchev–Trinajstić information content (AvgIpc) is 2.44. The molecule has 8 nitrogen and oxygen atoms in total. The Morgan fingerprint density at radius 2 is 1.76 bits per heavy atom. The van der Waals surface area contributed by atoms with Crippen LogP contribution in [-0.4, -0.2) is 25.2 Å². The first-order valence-corrected chi connectivity index (χ1v) is 8.99. The lowest BCUT2D eigenvalue weighted by atomic mass is 9.78. The summed E-state index contributed by atoms with van der Waals surface area (Å²) >= 11 is 0. The first-order chi connectivity index (χ1) is 11.5. The van der Waals surface area contributed by atoms with Crippen molar-refractivity contribution in [1.82, 2.24) is 4.72 Å². The summed E-state index contributed by atoms with van der Waals surface area (Å²) in [5.74, 6) is -1.08. The number of azo groups is 1. The molecule has 1 aliphatic rings. The van der Waals surface area contributed by atoms with Gasteiger partial charge in [0, 0.05) is 19.8 Å². The van der Waals surface area contributed by atoms with Crippen LogP contribution in [0.25, 0.3) is 0 Å². The monoisotopic (exact) mass is 365 g/mol. The van der Waals surface area contributed by atoms with Gasteiger partial charge in [-0.25, -0.2) is 13.1 Å². The van der Waals surface area contributed by atoms with Crippen LogP contribution >= 0.6 is 0 Å². The van der Waals surface area contributed by atoms with Crippen LogP contribution in [0.1, 0.15) is 33.6 Å². The number of hydrogen-bond donors (Lipinski definition) is 2. The lowest BCUT2D eigenvalue weighted by Crippen LogP contribution is -2.28. The highest BCUT2D eigenvalue weighted by Crippen LogP contribution is 2.36. The minimum atomic E-state index is -3.92. The Hall–Kier alpha value is -2.55. The Morgan fingerprint density at radius 3 is 2.28 bits per heavy atom. The van der Waals surface area contributed by atoms with Crippen molar-refractivity contribution in [1.29, 1.82) is 0 Å². The van der Waals surface area contributed by atoms with E-state index in [0.717, 1.165) is 6.92 Å². The highest BCUT2D eigenvalue weighted by molar-refractivity contribution is 7.90. The third kappa shape index (κ3) is 4.72. The van der Waals surface area contributed by atoms with Crippen LogP contribution in [0.2, 0.25) is 0 Å². The minimum Gasteiger partial charge on any atom is -0.510 e. The number of Topliss-reactive ketones (excluding diaryl/α,β-unsaturated/α-hetero) is 1. The second-order valence-corrected chi connectivity index (χ2v) is 8.27. The first-order valence-electron chi connectivity index (χ1n) is 7.51. The molecule has 134 valence electrons. The largest absolute Gasteiger partial charge is 0.510 e. The summed E-state index contributed by atoms with van der Waals surface area (Å²) in [5, 5.41) is 17.6. The minimum absolute atomic E-state index is 0.0748. The fraction of sp³-hybridized carbons (Fsp3) is 0.375. The van der Waals surface area contributed by atoms with Crippen molar-refractivity contribution in [2.75, 3.05) is 0 Å². The van der Waals surface area contributed by atoms with E-state index >= 15 is 0 Å². The molecule has 25 heavy (non-hydrogen) atoms. The van der Waals surface area contributed by atoms with E-state index in [0.29, 0.717) is 12.1 Å². The molecule has 0 saturated carbocycles. The molecule has 0 atom stereocenters. The number of hydrogen-bond acceptors (Lipinski definition) is 7. The summed E-state index contributed by atoms with van der Waals surface area (Å²) < 4.78 is 25.5.